The van der Waals surface area contributed by atoms with Gasteiger partial charge in [0.25, 0.3) is 0 Å². The fourth-order valence-corrected chi connectivity index (χ4v) is 2.88. The van der Waals surface area contributed by atoms with Crippen LogP contribution in [0.4, 0.5) is 0 Å². The number of nitrogens with zero attached hydrogens (tertiary/aromatic N) is 3. The minimum atomic E-state index is -0.670. The van der Waals surface area contributed by atoms with Crippen LogP contribution in [0, 0.1) is 6.92 Å². The molecule has 0 spiro atoms. The standard InChI is InChI=1S/C16H10Cl2N4O2/c1-8-5-6-11-12(7-8)20-15(19-11)22-14(21-24-16(22)23)9-3-2-4-10(17)13(9)18/h2-7H,1H3,(H,19,20). The number of H-pyrrole nitrogens is 1. The number of nitrogens with one attached hydrogen (secondary N) is 1. The maximum Gasteiger partial charge on any atom is 0.449 e. The topological polar surface area (TPSA) is 76.7 Å². The third-order valence-electron chi connectivity index (χ3n) is 3.63. The van der Waals surface area contributed by atoms with Crippen molar-refractivity contribution in [2.45, 2.75) is 6.92 Å². The van der Waals surface area contributed by atoms with Gasteiger partial charge in [0.05, 0.1) is 21.1 Å². The first-order valence-electron chi connectivity index (χ1n) is 7.04. The van der Waals surface area contributed by atoms with Crippen molar-refractivity contribution in [2.24, 2.45) is 0 Å². The van der Waals surface area contributed by atoms with Crippen LogP contribution in [-0.4, -0.2) is 19.7 Å². The monoisotopic (exact) mass is 360 g/mol. The van der Waals surface area contributed by atoms with Crippen molar-refractivity contribution in [3.05, 3.63) is 62.6 Å². The Labute approximate surface area is 145 Å². The molecule has 0 unspecified atom stereocenters. The van der Waals surface area contributed by atoms with Gasteiger partial charge in [0, 0.05) is 5.56 Å². The highest BCUT2D eigenvalue weighted by Crippen LogP contribution is 2.32. The maximum atomic E-state index is 12.2. The molecule has 0 atom stereocenters. The lowest BCUT2D eigenvalue weighted by Crippen LogP contribution is -2.14. The van der Waals surface area contributed by atoms with E-state index in [0.29, 0.717) is 16.5 Å². The number of halogens is 2. The summed E-state index contributed by atoms with van der Waals surface area (Å²) in [4.78, 5) is 19.7. The highest BCUT2D eigenvalue weighted by Gasteiger charge is 2.20. The summed E-state index contributed by atoms with van der Waals surface area (Å²) in [5, 5.41) is 4.47. The lowest BCUT2D eigenvalue weighted by Gasteiger charge is -2.04. The summed E-state index contributed by atoms with van der Waals surface area (Å²) >= 11 is 12.3. The van der Waals surface area contributed by atoms with Gasteiger partial charge in [-0.25, -0.2) is 9.78 Å². The van der Waals surface area contributed by atoms with Crippen molar-refractivity contribution >= 4 is 34.2 Å². The molecule has 0 aliphatic carbocycles. The van der Waals surface area contributed by atoms with E-state index in [1.165, 1.54) is 4.57 Å². The fraction of sp³-hybridized carbons (Fsp3) is 0.0625. The van der Waals surface area contributed by atoms with Crippen LogP contribution in [-0.2, 0) is 0 Å². The Balaban J connectivity index is 1.97. The normalized spacial score (nSPS) is 11.3. The average molecular weight is 361 g/mol. The summed E-state index contributed by atoms with van der Waals surface area (Å²) in [6.07, 6.45) is 0. The van der Waals surface area contributed by atoms with E-state index in [4.69, 9.17) is 27.7 Å². The summed E-state index contributed by atoms with van der Waals surface area (Å²) < 4.78 is 6.04. The Morgan fingerprint density at radius 3 is 2.88 bits per heavy atom. The molecule has 0 radical (unpaired) electrons. The molecule has 2 heterocycles. The van der Waals surface area contributed by atoms with Crippen molar-refractivity contribution in [3.63, 3.8) is 0 Å². The van der Waals surface area contributed by atoms with Crippen molar-refractivity contribution in [1.29, 1.82) is 0 Å². The van der Waals surface area contributed by atoms with Crippen molar-refractivity contribution in [1.82, 2.24) is 19.7 Å². The fourth-order valence-electron chi connectivity index (χ4n) is 2.50. The number of hydrogen-bond donors (Lipinski definition) is 1. The summed E-state index contributed by atoms with van der Waals surface area (Å²) in [6.45, 7) is 1.97. The number of benzene rings is 2. The maximum absolute atomic E-state index is 12.2. The Kier molecular flexibility index (Phi) is 3.44. The second kappa shape index (κ2) is 5.51. The molecule has 0 fully saturated rings. The van der Waals surface area contributed by atoms with Gasteiger partial charge in [-0.2, -0.15) is 4.57 Å². The first kappa shape index (κ1) is 15.0. The Bertz CT molecular complexity index is 1130. The third kappa shape index (κ3) is 2.31. The molecular weight excluding hydrogens is 351 g/mol. The van der Waals surface area contributed by atoms with Gasteiger partial charge in [0.2, 0.25) is 5.95 Å². The summed E-state index contributed by atoms with van der Waals surface area (Å²) in [6, 6.07) is 10.8. The van der Waals surface area contributed by atoms with Crippen LogP contribution < -0.4 is 5.76 Å². The van der Waals surface area contributed by atoms with Gasteiger partial charge in [-0.15, -0.1) is 0 Å². The molecule has 0 saturated heterocycles. The minimum absolute atomic E-state index is 0.225. The Morgan fingerprint density at radius 2 is 2.04 bits per heavy atom. The van der Waals surface area contributed by atoms with Crippen LogP contribution >= 0.6 is 23.2 Å². The van der Waals surface area contributed by atoms with Gasteiger partial charge < -0.3 is 4.98 Å². The predicted molar refractivity (Wildman–Crippen MR) is 91.9 cm³/mol. The molecule has 4 aromatic rings. The van der Waals surface area contributed by atoms with Crippen LogP contribution in [0.5, 0.6) is 0 Å². The molecule has 6 nitrogen and oxygen atoms in total. The molecule has 4 rings (SSSR count). The number of aryl methyl sites for hydroxylation is 1. The third-order valence-corrected chi connectivity index (χ3v) is 4.45. The molecule has 0 amide bonds. The molecule has 24 heavy (non-hydrogen) atoms. The summed E-state index contributed by atoms with van der Waals surface area (Å²) in [5.41, 5.74) is 3.09. The van der Waals surface area contributed by atoms with Gasteiger partial charge in [0.15, 0.2) is 5.82 Å². The number of fused-ring (bicyclic) bond motifs is 1. The lowest BCUT2D eigenvalue weighted by atomic mass is 10.2. The molecule has 0 aliphatic heterocycles. The first-order chi connectivity index (χ1) is 11.5. The van der Waals surface area contributed by atoms with E-state index in [-0.39, 0.29) is 10.8 Å². The van der Waals surface area contributed by atoms with Crippen molar-refractivity contribution < 1.29 is 4.52 Å². The van der Waals surface area contributed by atoms with Gasteiger partial charge in [0.1, 0.15) is 0 Å². The van der Waals surface area contributed by atoms with Gasteiger partial charge in [-0.3, -0.25) is 4.52 Å². The second-order valence-corrected chi connectivity index (χ2v) is 6.08. The molecular formula is C16H10Cl2N4O2. The molecule has 0 saturated carbocycles. The molecule has 2 aromatic carbocycles. The number of rotatable bonds is 2. The zero-order valence-corrected chi connectivity index (χ0v) is 13.9. The summed E-state index contributed by atoms with van der Waals surface area (Å²) in [7, 11) is 0. The van der Waals surface area contributed by atoms with E-state index in [2.05, 4.69) is 15.1 Å². The van der Waals surface area contributed by atoms with E-state index in [0.717, 1.165) is 16.6 Å². The van der Waals surface area contributed by atoms with Crippen LogP contribution in [0.3, 0.4) is 0 Å². The SMILES string of the molecule is Cc1ccc2nc(-n3c(-c4cccc(Cl)c4Cl)noc3=O)[nH]c2c1. The van der Waals surface area contributed by atoms with Crippen molar-refractivity contribution in [2.75, 3.05) is 0 Å². The van der Waals surface area contributed by atoms with Gasteiger partial charge in [-0.1, -0.05) is 40.5 Å². The Morgan fingerprint density at radius 1 is 1.21 bits per heavy atom. The molecule has 2 aromatic heterocycles. The smallest absolute Gasteiger partial charge is 0.323 e. The largest absolute Gasteiger partial charge is 0.449 e. The van der Waals surface area contributed by atoms with E-state index in [9.17, 15) is 4.79 Å². The van der Waals surface area contributed by atoms with Gasteiger partial charge >= 0.3 is 5.76 Å². The Hall–Kier alpha value is -2.57. The van der Waals surface area contributed by atoms with E-state index >= 15 is 0 Å². The van der Waals surface area contributed by atoms with E-state index in [1.807, 2.05) is 25.1 Å². The molecule has 0 aliphatic rings. The van der Waals surface area contributed by atoms with Crippen LogP contribution in [0.1, 0.15) is 5.56 Å². The molecule has 120 valence electrons. The quantitative estimate of drug-likeness (QED) is 0.586. The zero-order valence-electron chi connectivity index (χ0n) is 12.4. The first-order valence-corrected chi connectivity index (χ1v) is 7.80. The molecule has 1 N–H and O–H groups in total. The zero-order chi connectivity index (χ0) is 16.8. The van der Waals surface area contributed by atoms with E-state index in [1.54, 1.807) is 18.2 Å². The number of aromatic nitrogens is 4. The number of hydrogen-bond acceptors (Lipinski definition) is 4. The minimum Gasteiger partial charge on any atom is -0.323 e. The predicted octanol–water partition coefficient (Wildman–Crippen LogP) is 3.98. The number of aromatic amines is 1. The van der Waals surface area contributed by atoms with Gasteiger partial charge in [-0.05, 0) is 36.8 Å². The van der Waals surface area contributed by atoms with Crippen molar-refractivity contribution in [3.8, 4) is 17.3 Å². The molecule has 0 bridgehead atoms. The number of imidazole rings is 1. The van der Waals surface area contributed by atoms with Crippen LogP contribution in [0.2, 0.25) is 10.0 Å². The highest BCUT2D eigenvalue weighted by atomic mass is 35.5. The van der Waals surface area contributed by atoms with Crippen LogP contribution in [0.15, 0.2) is 45.7 Å². The van der Waals surface area contributed by atoms with E-state index < -0.39 is 5.76 Å². The molecule has 8 heteroatoms. The summed E-state index contributed by atoms with van der Waals surface area (Å²) in [5.74, 6) is -0.145. The lowest BCUT2D eigenvalue weighted by molar-refractivity contribution is 0.383. The average Bonchev–Trinajstić information content (AvgIpc) is 3.12. The highest BCUT2D eigenvalue weighted by molar-refractivity contribution is 6.43. The van der Waals surface area contributed by atoms with Crippen LogP contribution in [0.25, 0.3) is 28.4 Å². The second-order valence-electron chi connectivity index (χ2n) is 5.29.